The minimum Gasteiger partial charge on any atom is -0.484 e. The molecule has 25 heavy (non-hydrogen) atoms. The lowest BCUT2D eigenvalue weighted by atomic mass is 10.3. The normalized spacial score (nSPS) is 10.4. The molecular weight excluding hydrogens is 338 g/mol. The highest BCUT2D eigenvalue weighted by Gasteiger charge is 2.06. The van der Waals surface area contributed by atoms with Gasteiger partial charge in [0.15, 0.2) is 6.61 Å². The van der Waals surface area contributed by atoms with Crippen LogP contribution >= 0.6 is 11.3 Å². The summed E-state index contributed by atoms with van der Waals surface area (Å²) >= 11 is 1.56. The lowest BCUT2D eigenvalue weighted by Gasteiger charge is -2.09. The van der Waals surface area contributed by atoms with Gasteiger partial charge in [0, 0.05) is 12.6 Å². The number of nitrogens with one attached hydrogen (secondary N) is 1. The number of para-hydroxylation sites is 1. The molecule has 0 atom stereocenters. The second-order valence-electron chi connectivity index (χ2n) is 5.21. The molecule has 7 heteroatoms. The Morgan fingerprint density at radius 3 is 2.72 bits per heavy atom. The first-order chi connectivity index (χ1) is 12.2. The third-order valence-electron chi connectivity index (χ3n) is 3.40. The summed E-state index contributed by atoms with van der Waals surface area (Å²) in [5.41, 5.74) is 0.545. The predicted molar refractivity (Wildman–Crippen MR) is 96.8 cm³/mol. The molecule has 2 aromatic heterocycles. The van der Waals surface area contributed by atoms with Gasteiger partial charge in [0.2, 0.25) is 0 Å². The summed E-state index contributed by atoms with van der Waals surface area (Å²) in [5, 5.41) is 9.02. The van der Waals surface area contributed by atoms with E-state index < -0.39 is 0 Å². The monoisotopic (exact) mass is 355 g/mol. The molecule has 0 radical (unpaired) electrons. The number of thiophene rings is 1. The van der Waals surface area contributed by atoms with Gasteiger partial charge in [0.05, 0.1) is 11.4 Å². The SMILES string of the molecule is O=C(COc1ccccc1)NCCn1nc(-c2cccs2)ccc1=O. The third kappa shape index (κ3) is 4.77. The molecule has 3 rings (SSSR count). The van der Waals surface area contributed by atoms with Crippen molar-refractivity contribution in [1.82, 2.24) is 15.1 Å². The number of carbonyl (C=O) groups excluding carboxylic acids is 1. The number of aromatic nitrogens is 2. The van der Waals surface area contributed by atoms with Gasteiger partial charge in [0.1, 0.15) is 11.4 Å². The van der Waals surface area contributed by atoms with Crippen molar-refractivity contribution in [3.05, 3.63) is 70.3 Å². The summed E-state index contributed by atoms with van der Waals surface area (Å²) in [7, 11) is 0. The number of amides is 1. The number of nitrogens with zero attached hydrogens (tertiary/aromatic N) is 2. The zero-order valence-corrected chi connectivity index (χ0v) is 14.2. The van der Waals surface area contributed by atoms with Crippen LogP contribution in [0.3, 0.4) is 0 Å². The minimum absolute atomic E-state index is 0.0679. The molecule has 128 valence electrons. The van der Waals surface area contributed by atoms with Gasteiger partial charge in [0.25, 0.3) is 11.5 Å². The Morgan fingerprint density at radius 2 is 1.96 bits per heavy atom. The molecule has 0 fully saturated rings. The van der Waals surface area contributed by atoms with E-state index in [-0.39, 0.29) is 18.1 Å². The molecule has 1 N–H and O–H groups in total. The summed E-state index contributed by atoms with van der Waals surface area (Å²) in [6.45, 7) is 0.536. The van der Waals surface area contributed by atoms with E-state index in [1.54, 1.807) is 29.5 Å². The highest BCUT2D eigenvalue weighted by molar-refractivity contribution is 7.13. The van der Waals surface area contributed by atoms with Crippen LogP contribution in [0.4, 0.5) is 0 Å². The number of rotatable bonds is 7. The van der Waals surface area contributed by atoms with Crippen LogP contribution in [0, 0.1) is 0 Å². The molecule has 0 spiro atoms. The third-order valence-corrected chi connectivity index (χ3v) is 4.29. The van der Waals surface area contributed by atoms with E-state index in [1.807, 2.05) is 35.7 Å². The van der Waals surface area contributed by atoms with Crippen LogP contribution in [-0.2, 0) is 11.3 Å². The quantitative estimate of drug-likeness (QED) is 0.705. The molecule has 0 aliphatic carbocycles. The molecule has 1 aromatic carbocycles. The molecule has 0 saturated carbocycles. The van der Waals surface area contributed by atoms with Crippen molar-refractivity contribution in [3.63, 3.8) is 0 Å². The smallest absolute Gasteiger partial charge is 0.266 e. The summed E-state index contributed by atoms with van der Waals surface area (Å²) in [6, 6.07) is 16.2. The van der Waals surface area contributed by atoms with E-state index >= 15 is 0 Å². The summed E-state index contributed by atoms with van der Waals surface area (Å²) in [6.07, 6.45) is 0. The first-order valence-corrected chi connectivity index (χ1v) is 8.67. The van der Waals surface area contributed by atoms with Crippen LogP contribution in [0.2, 0.25) is 0 Å². The zero-order chi connectivity index (χ0) is 17.5. The Morgan fingerprint density at radius 1 is 1.12 bits per heavy atom. The Labute approximate surface area is 148 Å². The molecule has 1 amide bonds. The van der Waals surface area contributed by atoms with Crippen LogP contribution in [0.25, 0.3) is 10.6 Å². The molecule has 2 heterocycles. The predicted octanol–water partition coefficient (Wildman–Crippen LogP) is 2.17. The van der Waals surface area contributed by atoms with E-state index in [2.05, 4.69) is 10.4 Å². The van der Waals surface area contributed by atoms with Crippen molar-refractivity contribution >= 4 is 17.2 Å². The maximum Gasteiger partial charge on any atom is 0.266 e. The van der Waals surface area contributed by atoms with Gasteiger partial charge < -0.3 is 10.1 Å². The van der Waals surface area contributed by atoms with Gasteiger partial charge in [-0.25, -0.2) is 4.68 Å². The lowest BCUT2D eigenvalue weighted by Crippen LogP contribution is -2.34. The molecule has 0 saturated heterocycles. The van der Waals surface area contributed by atoms with Gasteiger partial charge in [-0.1, -0.05) is 24.3 Å². The second kappa shape index (κ2) is 8.25. The van der Waals surface area contributed by atoms with Crippen molar-refractivity contribution in [1.29, 1.82) is 0 Å². The van der Waals surface area contributed by atoms with Gasteiger partial charge >= 0.3 is 0 Å². The standard InChI is InChI=1S/C18H17N3O3S/c22-17(13-24-14-5-2-1-3-6-14)19-10-11-21-18(23)9-8-15(20-21)16-7-4-12-25-16/h1-9,12H,10-11,13H2,(H,19,22). The van der Waals surface area contributed by atoms with E-state index in [1.165, 1.54) is 10.7 Å². The zero-order valence-electron chi connectivity index (χ0n) is 13.4. The Bertz CT molecular complexity index is 876. The number of carbonyl (C=O) groups is 1. The van der Waals surface area contributed by atoms with Crippen LogP contribution in [0.1, 0.15) is 0 Å². The number of benzene rings is 1. The average Bonchev–Trinajstić information content (AvgIpc) is 3.17. The van der Waals surface area contributed by atoms with Crippen LogP contribution < -0.4 is 15.6 Å². The van der Waals surface area contributed by atoms with Crippen molar-refractivity contribution in [2.45, 2.75) is 6.54 Å². The Hall–Kier alpha value is -2.93. The highest BCUT2D eigenvalue weighted by atomic mass is 32.1. The number of ether oxygens (including phenoxy) is 1. The molecule has 0 aliphatic rings. The summed E-state index contributed by atoms with van der Waals surface area (Å²) in [4.78, 5) is 24.7. The van der Waals surface area contributed by atoms with Crippen LogP contribution in [0.15, 0.2) is 64.8 Å². The molecule has 0 aliphatic heterocycles. The van der Waals surface area contributed by atoms with Gasteiger partial charge in [-0.2, -0.15) is 5.10 Å². The number of hydrogen-bond donors (Lipinski definition) is 1. The van der Waals surface area contributed by atoms with E-state index in [0.29, 0.717) is 18.8 Å². The molecule has 6 nitrogen and oxygen atoms in total. The van der Waals surface area contributed by atoms with Crippen LogP contribution in [-0.4, -0.2) is 28.8 Å². The van der Waals surface area contributed by atoms with Crippen molar-refractivity contribution in [3.8, 4) is 16.3 Å². The molecule has 0 bridgehead atoms. The molecule has 3 aromatic rings. The minimum atomic E-state index is -0.244. The van der Waals surface area contributed by atoms with E-state index in [0.717, 1.165) is 10.6 Å². The number of hydrogen-bond acceptors (Lipinski definition) is 5. The lowest BCUT2D eigenvalue weighted by molar-refractivity contribution is -0.123. The highest BCUT2D eigenvalue weighted by Crippen LogP contribution is 2.20. The fraction of sp³-hybridized carbons (Fsp3) is 0.167. The topological polar surface area (TPSA) is 73.2 Å². The van der Waals surface area contributed by atoms with Crippen molar-refractivity contribution in [2.24, 2.45) is 0 Å². The molecule has 0 unspecified atom stereocenters. The maximum atomic E-state index is 11.9. The Kier molecular flexibility index (Phi) is 5.58. The summed E-state index contributed by atoms with van der Waals surface area (Å²) < 4.78 is 6.72. The average molecular weight is 355 g/mol. The van der Waals surface area contributed by atoms with Crippen molar-refractivity contribution < 1.29 is 9.53 Å². The van der Waals surface area contributed by atoms with E-state index in [9.17, 15) is 9.59 Å². The second-order valence-corrected chi connectivity index (χ2v) is 6.16. The maximum absolute atomic E-state index is 11.9. The van der Waals surface area contributed by atoms with Gasteiger partial charge in [-0.3, -0.25) is 9.59 Å². The van der Waals surface area contributed by atoms with Crippen LogP contribution in [0.5, 0.6) is 5.75 Å². The first kappa shape index (κ1) is 16.9. The fourth-order valence-electron chi connectivity index (χ4n) is 2.18. The van der Waals surface area contributed by atoms with E-state index in [4.69, 9.17) is 4.74 Å². The van der Waals surface area contributed by atoms with Gasteiger partial charge in [-0.05, 0) is 29.6 Å². The van der Waals surface area contributed by atoms with Gasteiger partial charge in [-0.15, -0.1) is 11.3 Å². The molecular formula is C18H17N3O3S. The Balaban J connectivity index is 1.51. The summed E-state index contributed by atoms with van der Waals surface area (Å²) in [5.74, 6) is 0.394. The van der Waals surface area contributed by atoms with Crippen molar-refractivity contribution in [2.75, 3.05) is 13.2 Å². The first-order valence-electron chi connectivity index (χ1n) is 7.79. The fourth-order valence-corrected chi connectivity index (χ4v) is 2.87. The largest absolute Gasteiger partial charge is 0.484 e.